The molecule has 0 aliphatic carbocycles. The fourth-order valence-corrected chi connectivity index (χ4v) is 2.38. The van der Waals surface area contributed by atoms with Gasteiger partial charge in [0.15, 0.2) is 0 Å². The normalized spacial score (nSPS) is 9.69. The lowest BCUT2D eigenvalue weighted by atomic mass is 10.2. The molecule has 0 fully saturated rings. The molecule has 7 nitrogen and oxygen atoms in total. The maximum atomic E-state index is 12.1. The summed E-state index contributed by atoms with van der Waals surface area (Å²) in [5, 5.41) is 15.4. The molecule has 2 aromatic rings. The Morgan fingerprint density at radius 2 is 1.69 bits per heavy atom. The summed E-state index contributed by atoms with van der Waals surface area (Å²) in [4.78, 5) is 36.7. The minimum absolute atomic E-state index is 0.161. The fraction of sp³-hybridized carbons (Fsp3) is 0.111. The number of hydrogen-bond donors (Lipinski definition) is 2. The van der Waals surface area contributed by atoms with Crippen molar-refractivity contribution < 1.29 is 19.1 Å². The molecule has 0 aliphatic rings. The summed E-state index contributed by atoms with van der Waals surface area (Å²) < 4.78 is 4.92. The van der Waals surface area contributed by atoms with Crippen LogP contribution in [-0.4, -0.2) is 24.4 Å². The average Bonchev–Trinajstić information content (AvgIpc) is 2.64. The van der Waals surface area contributed by atoms with Crippen LogP contribution in [0.3, 0.4) is 0 Å². The van der Waals surface area contributed by atoms with E-state index in [2.05, 4.69) is 10.6 Å². The topological polar surface area (TPSA) is 108 Å². The third kappa shape index (κ3) is 5.09. The summed E-state index contributed by atoms with van der Waals surface area (Å²) in [5.41, 5.74) is 0.756. The Balaban J connectivity index is 2.04. The molecule has 0 saturated carbocycles. The van der Waals surface area contributed by atoms with Gasteiger partial charge >= 0.3 is 17.8 Å². The van der Waals surface area contributed by atoms with E-state index in [1.807, 2.05) is 5.40 Å². The van der Waals surface area contributed by atoms with E-state index in [1.54, 1.807) is 43.3 Å². The number of nitrogens with one attached hydrogen (secondary N) is 2. The lowest BCUT2D eigenvalue weighted by molar-refractivity contribution is -0.133. The van der Waals surface area contributed by atoms with Crippen LogP contribution in [0.4, 0.5) is 11.4 Å². The molecule has 0 radical (unpaired) electrons. The van der Waals surface area contributed by atoms with Gasteiger partial charge in [0.1, 0.15) is 5.40 Å². The highest BCUT2D eigenvalue weighted by molar-refractivity contribution is 8.03. The van der Waals surface area contributed by atoms with Gasteiger partial charge in [-0.05, 0) is 55.1 Å². The molecule has 132 valence electrons. The number of amides is 2. The van der Waals surface area contributed by atoms with Crippen molar-refractivity contribution in [1.29, 1.82) is 5.26 Å². The van der Waals surface area contributed by atoms with E-state index in [4.69, 9.17) is 10.00 Å². The van der Waals surface area contributed by atoms with Crippen molar-refractivity contribution in [3.05, 3.63) is 54.1 Å². The summed E-state index contributed by atoms with van der Waals surface area (Å²) in [5.74, 6) is -2.39. The van der Waals surface area contributed by atoms with Crippen molar-refractivity contribution >= 4 is 40.9 Å². The summed E-state index contributed by atoms with van der Waals surface area (Å²) in [6, 6.07) is 12.7. The first kappa shape index (κ1) is 19.0. The van der Waals surface area contributed by atoms with Crippen molar-refractivity contribution in [2.24, 2.45) is 0 Å². The number of carbonyl (C=O) groups is 3. The molecular weight excluding hydrogens is 354 g/mol. The lowest BCUT2D eigenvalue weighted by Gasteiger charge is -2.10. The quantitative estimate of drug-likeness (QED) is 0.363. The Kier molecular flexibility index (Phi) is 6.76. The van der Waals surface area contributed by atoms with Crippen molar-refractivity contribution in [2.45, 2.75) is 11.8 Å². The van der Waals surface area contributed by atoms with Gasteiger partial charge in [0.2, 0.25) is 0 Å². The molecule has 0 spiro atoms. The van der Waals surface area contributed by atoms with Gasteiger partial charge in [0.05, 0.1) is 17.9 Å². The molecule has 0 saturated heterocycles. The lowest BCUT2D eigenvalue weighted by Crippen LogP contribution is -2.29. The number of para-hydroxylation sites is 1. The standard InChI is InChI=1S/C18H15N3O4S/c1-2-25-18(24)14-5-3-4-6-15(14)21-17(23)16(22)20-12-7-9-13(10-8-12)26-11-19/h3-10H,2H2,1H3,(H,20,22)(H,21,23). The second kappa shape index (κ2) is 9.25. The minimum atomic E-state index is -0.919. The van der Waals surface area contributed by atoms with E-state index in [9.17, 15) is 14.4 Å². The molecule has 26 heavy (non-hydrogen) atoms. The Labute approximate surface area is 154 Å². The molecule has 8 heteroatoms. The second-order valence-corrected chi connectivity index (χ2v) is 5.75. The smallest absolute Gasteiger partial charge is 0.340 e. The van der Waals surface area contributed by atoms with Gasteiger partial charge in [-0.3, -0.25) is 9.59 Å². The predicted octanol–water partition coefficient (Wildman–Crippen LogP) is 3.01. The third-order valence-electron chi connectivity index (χ3n) is 3.15. The Morgan fingerprint density at radius 1 is 1.04 bits per heavy atom. The molecule has 0 heterocycles. The molecule has 2 amide bonds. The van der Waals surface area contributed by atoms with Crippen molar-refractivity contribution in [3.63, 3.8) is 0 Å². The van der Waals surface area contributed by atoms with Crippen LogP contribution in [0.2, 0.25) is 0 Å². The number of esters is 1. The zero-order chi connectivity index (χ0) is 18.9. The highest BCUT2D eigenvalue weighted by Gasteiger charge is 2.18. The number of ether oxygens (including phenoxy) is 1. The van der Waals surface area contributed by atoms with Crippen LogP contribution in [0.25, 0.3) is 0 Å². The maximum Gasteiger partial charge on any atom is 0.340 e. The average molecular weight is 369 g/mol. The predicted molar refractivity (Wildman–Crippen MR) is 97.6 cm³/mol. The maximum absolute atomic E-state index is 12.1. The monoisotopic (exact) mass is 369 g/mol. The van der Waals surface area contributed by atoms with Crippen LogP contribution in [0.5, 0.6) is 0 Å². The Bertz CT molecular complexity index is 859. The van der Waals surface area contributed by atoms with Crippen LogP contribution in [0.15, 0.2) is 53.4 Å². The number of nitriles is 1. The highest BCUT2D eigenvalue weighted by atomic mass is 32.2. The van der Waals surface area contributed by atoms with Crippen LogP contribution < -0.4 is 10.6 Å². The number of anilines is 2. The van der Waals surface area contributed by atoms with Crippen molar-refractivity contribution in [2.75, 3.05) is 17.2 Å². The van der Waals surface area contributed by atoms with Crippen LogP contribution in [0, 0.1) is 10.7 Å². The number of nitrogens with zero attached hydrogens (tertiary/aromatic N) is 1. The number of hydrogen-bond acceptors (Lipinski definition) is 6. The molecule has 2 N–H and O–H groups in total. The van der Waals surface area contributed by atoms with Crippen molar-refractivity contribution in [1.82, 2.24) is 0 Å². The summed E-state index contributed by atoms with van der Waals surface area (Å²) in [6.45, 7) is 1.87. The SMILES string of the molecule is CCOC(=O)c1ccccc1NC(=O)C(=O)Nc1ccc(SC#N)cc1. The molecule has 0 unspecified atom stereocenters. The zero-order valence-electron chi connectivity index (χ0n) is 13.8. The van der Waals surface area contributed by atoms with Gasteiger partial charge in [0.25, 0.3) is 0 Å². The van der Waals surface area contributed by atoms with Gasteiger partial charge in [-0.2, -0.15) is 5.26 Å². The third-order valence-corrected chi connectivity index (χ3v) is 3.75. The van der Waals surface area contributed by atoms with E-state index in [1.165, 1.54) is 12.1 Å². The van der Waals surface area contributed by atoms with Gasteiger partial charge in [-0.15, -0.1) is 0 Å². The zero-order valence-corrected chi connectivity index (χ0v) is 14.6. The molecular formula is C18H15N3O4S. The molecule has 2 rings (SSSR count). The van der Waals surface area contributed by atoms with E-state index >= 15 is 0 Å². The molecule has 0 aromatic heterocycles. The van der Waals surface area contributed by atoms with Crippen LogP contribution in [0.1, 0.15) is 17.3 Å². The fourth-order valence-electron chi connectivity index (χ4n) is 2.00. The van der Waals surface area contributed by atoms with Crippen LogP contribution >= 0.6 is 11.8 Å². The van der Waals surface area contributed by atoms with Gasteiger partial charge in [-0.25, -0.2) is 4.79 Å². The summed E-state index contributed by atoms with van der Waals surface area (Å²) in [6.07, 6.45) is 0. The van der Waals surface area contributed by atoms with Crippen molar-refractivity contribution in [3.8, 4) is 5.40 Å². The molecule has 0 atom stereocenters. The number of thiocyanates is 1. The molecule has 0 aliphatic heterocycles. The molecule has 2 aromatic carbocycles. The van der Waals surface area contributed by atoms with E-state index < -0.39 is 17.8 Å². The summed E-state index contributed by atoms with van der Waals surface area (Å²) in [7, 11) is 0. The Hall–Kier alpha value is -3.31. The first-order valence-electron chi connectivity index (χ1n) is 7.59. The number of benzene rings is 2. The van der Waals surface area contributed by atoms with E-state index in [0.29, 0.717) is 5.69 Å². The minimum Gasteiger partial charge on any atom is -0.462 e. The van der Waals surface area contributed by atoms with Gasteiger partial charge < -0.3 is 15.4 Å². The van der Waals surface area contributed by atoms with Crippen LogP contribution in [-0.2, 0) is 14.3 Å². The first-order chi connectivity index (χ1) is 12.5. The summed E-state index contributed by atoms with van der Waals surface area (Å²) >= 11 is 0.989. The molecule has 0 bridgehead atoms. The van der Waals surface area contributed by atoms with E-state index in [0.717, 1.165) is 16.7 Å². The number of carbonyl (C=O) groups excluding carboxylic acids is 3. The first-order valence-corrected chi connectivity index (χ1v) is 8.41. The number of rotatable bonds is 5. The second-order valence-electron chi connectivity index (χ2n) is 4.89. The highest BCUT2D eigenvalue weighted by Crippen LogP contribution is 2.19. The largest absolute Gasteiger partial charge is 0.462 e. The number of thioether (sulfide) groups is 1. The Morgan fingerprint density at radius 3 is 2.35 bits per heavy atom. The van der Waals surface area contributed by atoms with Gasteiger partial charge in [0, 0.05) is 10.6 Å². The van der Waals surface area contributed by atoms with E-state index in [-0.39, 0.29) is 17.9 Å². The van der Waals surface area contributed by atoms with Gasteiger partial charge in [-0.1, -0.05) is 12.1 Å².